The number of rotatable bonds is 6. The number of nitrogens with zero attached hydrogens (tertiary/aromatic N) is 2. The summed E-state index contributed by atoms with van der Waals surface area (Å²) in [6.07, 6.45) is -0.0955. The first-order valence-electron chi connectivity index (χ1n) is 8.72. The van der Waals surface area contributed by atoms with Crippen molar-refractivity contribution in [2.45, 2.75) is 33.4 Å². The lowest BCUT2D eigenvalue weighted by molar-refractivity contribution is -0.120. The fourth-order valence-corrected chi connectivity index (χ4v) is 3.24. The average molecular weight is 386 g/mol. The van der Waals surface area contributed by atoms with Crippen LogP contribution in [0.15, 0.2) is 48.5 Å². The van der Waals surface area contributed by atoms with Crippen LogP contribution in [0.2, 0.25) is 5.02 Å². The molecule has 27 heavy (non-hydrogen) atoms. The molecule has 0 aliphatic carbocycles. The zero-order valence-electron chi connectivity index (χ0n) is 15.3. The van der Waals surface area contributed by atoms with E-state index in [-0.39, 0.29) is 22.9 Å². The van der Waals surface area contributed by atoms with Crippen molar-refractivity contribution in [2.24, 2.45) is 0 Å². The Balaban J connectivity index is 1.66. The van der Waals surface area contributed by atoms with Crippen LogP contribution in [0.4, 0.5) is 4.39 Å². The second kappa shape index (κ2) is 8.35. The van der Waals surface area contributed by atoms with Crippen LogP contribution in [0.5, 0.6) is 0 Å². The van der Waals surface area contributed by atoms with Crippen molar-refractivity contribution in [1.29, 1.82) is 0 Å². The lowest BCUT2D eigenvalue weighted by atomic mass is 10.1. The van der Waals surface area contributed by atoms with Gasteiger partial charge in [0.1, 0.15) is 5.82 Å². The monoisotopic (exact) mass is 385 g/mol. The van der Waals surface area contributed by atoms with Gasteiger partial charge in [-0.2, -0.15) is 5.10 Å². The topological polar surface area (TPSA) is 46.9 Å². The normalized spacial score (nSPS) is 10.8. The van der Waals surface area contributed by atoms with E-state index in [0.29, 0.717) is 13.1 Å². The van der Waals surface area contributed by atoms with E-state index in [1.165, 1.54) is 12.1 Å². The number of carbonyl (C=O) groups excluding carboxylic acids is 1. The fourth-order valence-electron chi connectivity index (χ4n) is 3.01. The van der Waals surface area contributed by atoms with E-state index in [1.54, 1.807) is 6.07 Å². The van der Waals surface area contributed by atoms with Crippen LogP contribution in [0.1, 0.15) is 28.1 Å². The van der Waals surface area contributed by atoms with Gasteiger partial charge in [-0.25, -0.2) is 4.39 Å². The minimum absolute atomic E-state index is 0.0955. The number of amides is 1. The highest BCUT2D eigenvalue weighted by molar-refractivity contribution is 6.31. The predicted octanol–water partition coefficient (Wildman–Crippen LogP) is 4.20. The summed E-state index contributed by atoms with van der Waals surface area (Å²) in [5, 5.41) is 7.68. The summed E-state index contributed by atoms with van der Waals surface area (Å²) >= 11 is 5.99. The van der Waals surface area contributed by atoms with Gasteiger partial charge in [0.2, 0.25) is 5.91 Å². The Morgan fingerprint density at radius 3 is 2.56 bits per heavy atom. The van der Waals surface area contributed by atoms with Crippen LogP contribution in [0.25, 0.3) is 0 Å². The van der Waals surface area contributed by atoms with Crippen molar-refractivity contribution in [3.63, 3.8) is 0 Å². The molecule has 0 aliphatic rings. The van der Waals surface area contributed by atoms with Gasteiger partial charge in [-0.05, 0) is 31.5 Å². The third-order valence-electron chi connectivity index (χ3n) is 4.57. The van der Waals surface area contributed by atoms with Crippen molar-refractivity contribution < 1.29 is 9.18 Å². The average Bonchev–Trinajstić information content (AvgIpc) is 2.91. The summed E-state index contributed by atoms with van der Waals surface area (Å²) in [5.41, 5.74) is 4.21. The maximum atomic E-state index is 13.8. The first-order valence-corrected chi connectivity index (χ1v) is 9.10. The minimum atomic E-state index is -0.472. The molecule has 140 valence electrons. The van der Waals surface area contributed by atoms with Gasteiger partial charge >= 0.3 is 0 Å². The number of aryl methyl sites for hydroxylation is 1. The lowest BCUT2D eigenvalue weighted by Crippen LogP contribution is -2.25. The molecule has 2 aromatic carbocycles. The quantitative estimate of drug-likeness (QED) is 0.691. The summed E-state index contributed by atoms with van der Waals surface area (Å²) in [7, 11) is 0. The molecule has 0 saturated carbocycles. The molecule has 0 atom stereocenters. The molecule has 0 radical (unpaired) electrons. The van der Waals surface area contributed by atoms with Crippen LogP contribution in [-0.4, -0.2) is 15.7 Å². The molecular formula is C21H21ClFN3O. The molecule has 4 nitrogen and oxygen atoms in total. The van der Waals surface area contributed by atoms with E-state index in [4.69, 9.17) is 11.6 Å². The molecule has 0 aliphatic heterocycles. The van der Waals surface area contributed by atoms with Crippen LogP contribution in [-0.2, 0) is 24.3 Å². The second-order valence-electron chi connectivity index (χ2n) is 6.45. The van der Waals surface area contributed by atoms with Crippen molar-refractivity contribution in [3.05, 3.63) is 87.4 Å². The summed E-state index contributed by atoms with van der Waals surface area (Å²) in [4.78, 5) is 12.2. The van der Waals surface area contributed by atoms with E-state index in [9.17, 15) is 9.18 Å². The smallest absolute Gasteiger partial charge is 0.224 e. The van der Waals surface area contributed by atoms with E-state index in [1.807, 2.05) is 36.7 Å². The number of halogens is 2. The zero-order valence-corrected chi connectivity index (χ0v) is 16.1. The van der Waals surface area contributed by atoms with E-state index >= 15 is 0 Å². The molecule has 0 unspecified atom stereocenters. The van der Waals surface area contributed by atoms with Crippen molar-refractivity contribution in [1.82, 2.24) is 15.1 Å². The predicted molar refractivity (Wildman–Crippen MR) is 104 cm³/mol. The Morgan fingerprint density at radius 1 is 1.11 bits per heavy atom. The van der Waals surface area contributed by atoms with E-state index in [0.717, 1.165) is 22.5 Å². The maximum absolute atomic E-state index is 13.8. The van der Waals surface area contributed by atoms with Gasteiger partial charge in [0, 0.05) is 28.4 Å². The van der Waals surface area contributed by atoms with E-state index in [2.05, 4.69) is 22.5 Å². The molecule has 1 heterocycles. The third kappa shape index (κ3) is 4.55. The molecule has 6 heteroatoms. The molecule has 3 rings (SSSR count). The molecule has 0 saturated heterocycles. The van der Waals surface area contributed by atoms with Gasteiger partial charge in [-0.15, -0.1) is 0 Å². The van der Waals surface area contributed by atoms with Crippen molar-refractivity contribution in [3.8, 4) is 0 Å². The van der Waals surface area contributed by atoms with Crippen LogP contribution < -0.4 is 5.32 Å². The highest BCUT2D eigenvalue weighted by atomic mass is 35.5. The molecular weight excluding hydrogens is 365 g/mol. The largest absolute Gasteiger partial charge is 0.352 e. The molecule has 0 bridgehead atoms. The lowest BCUT2D eigenvalue weighted by Gasteiger charge is -2.09. The van der Waals surface area contributed by atoms with Gasteiger partial charge in [0.25, 0.3) is 0 Å². The van der Waals surface area contributed by atoms with Crippen LogP contribution >= 0.6 is 11.6 Å². The summed E-state index contributed by atoms with van der Waals surface area (Å²) in [5.74, 6) is -0.752. The Labute approximate surface area is 163 Å². The number of hydrogen-bond acceptors (Lipinski definition) is 2. The van der Waals surface area contributed by atoms with Crippen LogP contribution in [0, 0.1) is 19.7 Å². The van der Waals surface area contributed by atoms with E-state index < -0.39 is 5.82 Å². The first kappa shape index (κ1) is 19.1. The van der Waals surface area contributed by atoms with Gasteiger partial charge < -0.3 is 5.32 Å². The third-order valence-corrected chi connectivity index (χ3v) is 4.92. The van der Waals surface area contributed by atoms with Gasteiger partial charge in [0.05, 0.1) is 18.7 Å². The van der Waals surface area contributed by atoms with Gasteiger partial charge in [0.15, 0.2) is 0 Å². The fraction of sp³-hybridized carbons (Fsp3) is 0.238. The van der Waals surface area contributed by atoms with Gasteiger partial charge in [-0.1, -0.05) is 48.0 Å². The second-order valence-corrected chi connectivity index (χ2v) is 6.85. The molecule has 1 amide bonds. The SMILES string of the molecule is Cc1nn(Cc2ccccc2)c(C)c1CNC(=O)Cc1c(F)cccc1Cl. The Kier molecular flexibility index (Phi) is 5.91. The highest BCUT2D eigenvalue weighted by Gasteiger charge is 2.15. The van der Waals surface area contributed by atoms with Crippen molar-refractivity contribution in [2.75, 3.05) is 0 Å². The minimum Gasteiger partial charge on any atom is -0.352 e. The number of nitrogens with one attached hydrogen (secondary N) is 1. The standard InChI is InChI=1S/C21H21ClFN3O/c1-14-18(15(2)26(25-14)13-16-7-4-3-5-8-16)12-24-21(27)11-17-19(22)9-6-10-20(17)23/h3-10H,11-13H2,1-2H3,(H,24,27). The zero-order chi connectivity index (χ0) is 19.4. The molecule has 0 fully saturated rings. The van der Waals surface area contributed by atoms with Crippen molar-refractivity contribution >= 4 is 17.5 Å². The summed E-state index contributed by atoms with van der Waals surface area (Å²) in [6, 6.07) is 14.5. The van der Waals surface area contributed by atoms with Gasteiger partial charge in [-0.3, -0.25) is 9.48 Å². The summed E-state index contributed by atoms with van der Waals surface area (Å²) in [6.45, 7) is 4.92. The maximum Gasteiger partial charge on any atom is 0.224 e. The van der Waals surface area contributed by atoms with Crippen LogP contribution in [0.3, 0.4) is 0 Å². The number of aromatic nitrogens is 2. The Hall–Kier alpha value is -2.66. The Bertz CT molecular complexity index is 933. The molecule has 0 spiro atoms. The summed E-state index contributed by atoms with van der Waals surface area (Å²) < 4.78 is 15.8. The molecule has 1 N–H and O–H groups in total. The molecule has 3 aromatic rings. The highest BCUT2D eigenvalue weighted by Crippen LogP contribution is 2.20. The number of hydrogen-bond donors (Lipinski definition) is 1. The first-order chi connectivity index (χ1) is 13.0. The Morgan fingerprint density at radius 2 is 1.85 bits per heavy atom. The number of benzene rings is 2. The molecule has 1 aromatic heterocycles. The number of carbonyl (C=O) groups is 1.